The highest BCUT2D eigenvalue weighted by atomic mass is 16.5. The lowest BCUT2D eigenvalue weighted by Gasteiger charge is -2.12. The number of nitrogens with zero attached hydrogens (tertiary/aromatic N) is 7. The molecule has 1 N–H and O–H groups in total. The summed E-state index contributed by atoms with van der Waals surface area (Å²) < 4.78 is 7.50. The van der Waals surface area contributed by atoms with Crippen LogP contribution in [0.25, 0.3) is 16.8 Å². The van der Waals surface area contributed by atoms with Crippen LogP contribution in [0.5, 0.6) is 5.75 Å². The minimum absolute atomic E-state index is 0.646. The molecule has 4 heterocycles. The zero-order chi connectivity index (χ0) is 19.8. The van der Waals surface area contributed by atoms with Gasteiger partial charge in [0.05, 0.1) is 6.61 Å². The molecule has 146 valence electrons. The van der Waals surface area contributed by atoms with Crippen LogP contribution in [-0.2, 0) is 13.0 Å². The lowest BCUT2D eigenvalue weighted by atomic mass is 10.1. The third-order valence-electron chi connectivity index (χ3n) is 4.96. The molecular weight excluding hydrogens is 368 g/mol. The fourth-order valence-corrected chi connectivity index (χ4v) is 3.48. The summed E-state index contributed by atoms with van der Waals surface area (Å²) in [6.45, 7) is 1.39. The monoisotopic (exact) mass is 388 g/mol. The molecule has 0 unspecified atom stereocenters. The van der Waals surface area contributed by atoms with Gasteiger partial charge >= 0.3 is 0 Å². The molecule has 9 heteroatoms. The molecule has 0 spiro atoms. The van der Waals surface area contributed by atoms with Crippen molar-refractivity contribution in [1.29, 1.82) is 0 Å². The number of fused-ring (bicyclic) bond motifs is 2. The van der Waals surface area contributed by atoms with Crippen molar-refractivity contribution in [1.82, 2.24) is 29.5 Å². The van der Waals surface area contributed by atoms with Crippen LogP contribution < -0.4 is 15.0 Å². The summed E-state index contributed by atoms with van der Waals surface area (Å²) in [4.78, 5) is 15.2. The van der Waals surface area contributed by atoms with Crippen LogP contribution in [0.2, 0.25) is 0 Å². The quantitative estimate of drug-likeness (QED) is 0.556. The van der Waals surface area contributed by atoms with Crippen LogP contribution in [0.3, 0.4) is 0 Å². The highest BCUT2D eigenvalue weighted by Crippen LogP contribution is 2.29. The maximum absolute atomic E-state index is 5.65. The van der Waals surface area contributed by atoms with Gasteiger partial charge in [-0.2, -0.15) is 0 Å². The second-order valence-corrected chi connectivity index (χ2v) is 7.03. The van der Waals surface area contributed by atoms with Gasteiger partial charge in [0, 0.05) is 62.3 Å². The van der Waals surface area contributed by atoms with E-state index in [0.717, 1.165) is 29.9 Å². The number of ether oxygens (including phenoxy) is 1. The van der Waals surface area contributed by atoms with E-state index in [0.29, 0.717) is 24.1 Å². The van der Waals surface area contributed by atoms with E-state index in [1.54, 1.807) is 24.9 Å². The van der Waals surface area contributed by atoms with Gasteiger partial charge in [0.25, 0.3) is 0 Å². The molecule has 4 aromatic rings. The largest absolute Gasteiger partial charge is 0.493 e. The maximum Gasteiger partial charge on any atom is 0.224 e. The molecule has 0 atom stereocenters. The predicted molar refractivity (Wildman–Crippen MR) is 109 cm³/mol. The summed E-state index contributed by atoms with van der Waals surface area (Å²) in [6.07, 6.45) is 7.91. The number of hydrogen-bond acceptors (Lipinski definition) is 8. The van der Waals surface area contributed by atoms with Crippen LogP contribution >= 0.6 is 0 Å². The third kappa shape index (κ3) is 3.10. The van der Waals surface area contributed by atoms with E-state index < -0.39 is 0 Å². The fraction of sp³-hybridized carbons (Fsp3) is 0.250. The first-order chi connectivity index (χ1) is 14.2. The van der Waals surface area contributed by atoms with Gasteiger partial charge in [0.15, 0.2) is 5.65 Å². The average Bonchev–Trinajstić information content (AvgIpc) is 3.42. The summed E-state index contributed by atoms with van der Waals surface area (Å²) in [5, 5.41) is 11.7. The van der Waals surface area contributed by atoms with Gasteiger partial charge in [0.2, 0.25) is 11.9 Å². The fourth-order valence-electron chi connectivity index (χ4n) is 3.48. The minimum Gasteiger partial charge on any atom is -0.493 e. The molecule has 1 aliphatic rings. The van der Waals surface area contributed by atoms with Gasteiger partial charge in [-0.1, -0.05) is 12.1 Å². The highest BCUT2D eigenvalue weighted by Gasteiger charge is 2.16. The zero-order valence-corrected chi connectivity index (χ0v) is 16.2. The number of aromatic nitrogens is 6. The van der Waals surface area contributed by atoms with Crippen molar-refractivity contribution in [2.45, 2.75) is 13.0 Å². The summed E-state index contributed by atoms with van der Waals surface area (Å²) in [7, 11) is 3.81. The molecule has 3 aromatic heterocycles. The Kier molecular flexibility index (Phi) is 4.19. The SMILES string of the molecule is CN(C)c1ncc(-c2cnc(NCc3cccc4c3CCO4)n3cnnc23)cn1. The Labute approximate surface area is 167 Å². The third-order valence-corrected chi connectivity index (χ3v) is 4.96. The van der Waals surface area contributed by atoms with Crippen LogP contribution in [0.1, 0.15) is 11.1 Å². The molecule has 0 aliphatic carbocycles. The first-order valence-corrected chi connectivity index (χ1v) is 9.36. The van der Waals surface area contributed by atoms with E-state index in [2.05, 4.69) is 36.5 Å². The molecular formula is C20H20N8O. The van der Waals surface area contributed by atoms with E-state index in [9.17, 15) is 0 Å². The van der Waals surface area contributed by atoms with Crippen molar-refractivity contribution < 1.29 is 4.74 Å². The summed E-state index contributed by atoms with van der Waals surface area (Å²) in [5.41, 5.74) is 4.83. The number of benzene rings is 1. The van der Waals surface area contributed by atoms with Gasteiger partial charge in [-0.15, -0.1) is 10.2 Å². The molecule has 9 nitrogen and oxygen atoms in total. The molecule has 0 saturated carbocycles. The number of anilines is 2. The average molecular weight is 388 g/mol. The second-order valence-electron chi connectivity index (χ2n) is 7.03. The van der Waals surface area contributed by atoms with Crippen LogP contribution in [-0.4, -0.2) is 50.3 Å². The molecule has 1 aliphatic heterocycles. The highest BCUT2D eigenvalue weighted by molar-refractivity contribution is 5.76. The molecule has 0 fully saturated rings. The van der Waals surface area contributed by atoms with Crippen molar-refractivity contribution in [2.24, 2.45) is 0 Å². The van der Waals surface area contributed by atoms with E-state index in [1.807, 2.05) is 35.5 Å². The topological polar surface area (TPSA) is 93.4 Å². The van der Waals surface area contributed by atoms with Crippen molar-refractivity contribution in [3.63, 3.8) is 0 Å². The van der Waals surface area contributed by atoms with Gasteiger partial charge < -0.3 is 15.0 Å². The van der Waals surface area contributed by atoms with Crippen molar-refractivity contribution in [2.75, 3.05) is 30.9 Å². The molecule has 0 saturated heterocycles. The second kappa shape index (κ2) is 7.01. The standard InChI is InChI=1S/C20H20N8O/c1-27(2)19-21-9-14(10-22-19)16-11-24-20(28-12-25-26-18(16)28)23-8-13-4-3-5-17-15(13)6-7-29-17/h3-5,9-12H,6-8H2,1-2H3,(H,23,24). The Hall–Kier alpha value is -3.75. The Morgan fingerprint density at radius 3 is 2.83 bits per heavy atom. The maximum atomic E-state index is 5.65. The minimum atomic E-state index is 0.646. The van der Waals surface area contributed by atoms with E-state index in [-0.39, 0.29) is 0 Å². The summed E-state index contributed by atoms with van der Waals surface area (Å²) in [6, 6.07) is 6.14. The Morgan fingerprint density at radius 2 is 2.00 bits per heavy atom. The van der Waals surface area contributed by atoms with E-state index in [1.165, 1.54) is 11.1 Å². The summed E-state index contributed by atoms with van der Waals surface area (Å²) in [5.74, 6) is 2.30. The predicted octanol–water partition coefficient (Wildman–Crippen LogP) is 2.19. The van der Waals surface area contributed by atoms with Gasteiger partial charge in [0.1, 0.15) is 12.1 Å². The number of hydrogen-bond donors (Lipinski definition) is 1. The molecule has 5 rings (SSSR count). The van der Waals surface area contributed by atoms with Gasteiger partial charge in [-0.05, 0) is 11.6 Å². The van der Waals surface area contributed by atoms with Crippen molar-refractivity contribution in [3.8, 4) is 16.9 Å². The van der Waals surface area contributed by atoms with E-state index >= 15 is 0 Å². The van der Waals surface area contributed by atoms with Crippen molar-refractivity contribution >= 4 is 17.5 Å². The first-order valence-electron chi connectivity index (χ1n) is 9.36. The smallest absolute Gasteiger partial charge is 0.224 e. The number of nitrogens with one attached hydrogen (secondary N) is 1. The van der Waals surface area contributed by atoms with E-state index in [4.69, 9.17) is 4.74 Å². The van der Waals surface area contributed by atoms with Crippen LogP contribution in [0.15, 0.2) is 43.1 Å². The number of rotatable bonds is 5. The van der Waals surface area contributed by atoms with Gasteiger partial charge in [-0.25, -0.2) is 15.0 Å². The Balaban J connectivity index is 1.44. The lowest BCUT2D eigenvalue weighted by Crippen LogP contribution is -2.12. The Morgan fingerprint density at radius 1 is 1.14 bits per heavy atom. The van der Waals surface area contributed by atoms with Gasteiger partial charge in [-0.3, -0.25) is 4.40 Å². The molecule has 0 bridgehead atoms. The Bertz CT molecular complexity index is 1170. The molecule has 0 radical (unpaired) electrons. The van der Waals surface area contributed by atoms with Crippen molar-refractivity contribution in [3.05, 3.63) is 54.2 Å². The normalized spacial score (nSPS) is 12.6. The van der Waals surface area contributed by atoms with Crippen LogP contribution in [0, 0.1) is 0 Å². The molecule has 1 aromatic carbocycles. The lowest BCUT2D eigenvalue weighted by molar-refractivity contribution is 0.357. The first kappa shape index (κ1) is 17.4. The van der Waals surface area contributed by atoms with Crippen LogP contribution in [0.4, 0.5) is 11.9 Å². The molecule has 29 heavy (non-hydrogen) atoms. The molecule has 0 amide bonds. The zero-order valence-electron chi connectivity index (χ0n) is 16.2. The summed E-state index contributed by atoms with van der Waals surface area (Å²) >= 11 is 0.